The van der Waals surface area contributed by atoms with E-state index in [0.717, 1.165) is 16.5 Å². The number of carbonyl (C=O) groups excluding carboxylic acids is 2. The molecular formula is C18H22N4O3S. The van der Waals surface area contributed by atoms with Crippen LogP contribution in [0.1, 0.15) is 28.9 Å². The van der Waals surface area contributed by atoms with Gasteiger partial charge in [0.25, 0.3) is 0 Å². The summed E-state index contributed by atoms with van der Waals surface area (Å²) in [6.45, 7) is 5.14. The van der Waals surface area contributed by atoms with Crippen LogP contribution >= 0.6 is 11.3 Å². The van der Waals surface area contributed by atoms with Crippen molar-refractivity contribution in [3.63, 3.8) is 0 Å². The first-order valence-electron chi connectivity index (χ1n) is 8.84. The van der Waals surface area contributed by atoms with E-state index in [1.165, 1.54) is 0 Å². The van der Waals surface area contributed by atoms with Gasteiger partial charge in [-0.15, -0.1) is 11.3 Å². The number of furan rings is 1. The third-order valence-corrected chi connectivity index (χ3v) is 5.94. The van der Waals surface area contributed by atoms with Crippen LogP contribution in [-0.2, 0) is 16.1 Å². The smallest absolute Gasteiger partial charge is 0.237 e. The highest BCUT2D eigenvalue weighted by molar-refractivity contribution is 7.09. The SMILES string of the molecule is Cc1ccc(CN2CCNC(=O)[C@H]2CC(=O)N2CC(c3nccs3)C2)o1. The second-order valence-corrected chi connectivity index (χ2v) is 7.79. The van der Waals surface area contributed by atoms with Gasteiger partial charge in [0.2, 0.25) is 11.8 Å². The highest BCUT2D eigenvalue weighted by atomic mass is 32.1. The van der Waals surface area contributed by atoms with Crippen molar-refractivity contribution in [1.29, 1.82) is 0 Å². The summed E-state index contributed by atoms with van der Waals surface area (Å²) in [7, 11) is 0. The van der Waals surface area contributed by atoms with Crippen LogP contribution < -0.4 is 5.32 Å². The Balaban J connectivity index is 1.36. The molecule has 2 aliphatic heterocycles. The number of rotatable bonds is 5. The fourth-order valence-electron chi connectivity index (χ4n) is 3.51. The zero-order chi connectivity index (χ0) is 18.1. The summed E-state index contributed by atoms with van der Waals surface area (Å²) >= 11 is 1.63. The largest absolute Gasteiger partial charge is 0.465 e. The molecule has 8 heteroatoms. The van der Waals surface area contributed by atoms with Crippen LogP contribution in [0.3, 0.4) is 0 Å². The van der Waals surface area contributed by atoms with Gasteiger partial charge in [0.15, 0.2) is 0 Å². The van der Waals surface area contributed by atoms with Gasteiger partial charge in [-0.05, 0) is 19.1 Å². The topological polar surface area (TPSA) is 78.7 Å². The van der Waals surface area contributed by atoms with E-state index in [-0.39, 0.29) is 18.2 Å². The molecule has 0 saturated carbocycles. The minimum absolute atomic E-state index is 0.0282. The molecule has 138 valence electrons. The van der Waals surface area contributed by atoms with Gasteiger partial charge in [0.1, 0.15) is 11.5 Å². The standard InChI is InChI=1S/C18H22N4O3S/c1-12-2-3-14(25-12)11-21-6-4-19-17(24)15(21)8-16(23)22-9-13(10-22)18-20-5-7-26-18/h2-3,5,7,13,15H,4,6,8-11H2,1H3,(H,19,24)/t15-/m1/s1. The summed E-state index contributed by atoms with van der Waals surface area (Å²) in [5, 5.41) is 5.92. The van der Waals surface area contributed by atoms with Crippen molar-refractivity contribution in [2.45, 2.75) is 31.8 Å². The lowest BCUT2D eigenvalue weighted by Gasteiger charge is -2.40. The van der Waals surface area contributed by atoms with Crippen molar-refractivity contribution >= 4 is 23.2 Å². The molecule has 1 atom stereocenters. The lowest BCUT2D eigenvalue weighted by atomic mass is 9.99. The van der Waals surface area contributed by atoms with Gasteiger partial charge in [-0.2, -0.15) is 0 Å². The molecule has 1 N–H and O–H groups in total. The molecular weight excluding hydrogens is 352 g/mol. The number of hydrogen-bond donors (Lipinski definition) is 1. The van der Waals surface area contributed by atoms with Crippen molar-refractivity contribution in [2.75, 3.05) is 26.2 Å². The van der Waals surface area contributed by atoms with Gasteiger partial charge >= 0.3 is 0 Å². The van der Waals surface area contributed by atoms with Gasteiger partial charge < -0.3 is 14.6 Å². The van der Waals surface area contributed by atoms with Gasteiger partial charge in [0.05, 0.1) is 24.0 Å². The molecule has 2 saturated heterocycles. The molecule has 4 heterocycles. The van der Waals surface area contributed by atoms with E-state index in [4.69, 9.17) is 4.42 Å². The normalized spacial score (nSPS) is 21.5. The zero-order valence-electron chi connectivity index (χ0n) is 14.7. The first-order chi connectivity index (χ1) is 12.6. The molecule has 0 bridgehead atoms. The lowest BCUT2D eigenvalue weighted by Crippen LogP contribution is -2.57. The fourth-order valence-corrected chi connectivity index (χ4v) is 4.24. The van der Waals surface area contributed by atoms with E-state index in [1.807, 2.05) is 34.2 Å². The van der Waals surface area contributed by atoms with Crippen LogP contribution in [0.2, 0.25) is 0 Å². The van der Waals surface area contributed by atoms with E-state index >= 15 is 0 Å². The average Bonchev–Trinajstić information content (AvgIpc) is 3.21. The van der Waals surface area contributed by atoms with Crippen molar-refractivity contribution in [2.24, 2.45) is 0 Å². The monoisotopic (exact) mass is 374 g/mol. The van der Waals surface area contributed by atoms with Gasteiger partial charge in [-0.1, -0.05) is 0 Å². The van der Waals surface area contributed by atoms with E-state index in [1.54, 1.807) is 17.5 Å². The summed E-state index contributed by atoms with van der Waals surface area (Å²) in [5.74, 6) is 1.96. The Bertz CT molecular complexity index is 782. The van der Waals surface area contributed by atoms with Crippen molar-refractivity contribution in [1.82, 2.24) is 20.1 Å². The van der Waals surface area contributed by atoms with Crippen LogP contribution in [0.25, 0.3) is 0 Å². The number of nitrogens with zero attached hydrogens (tertiary/aromatic N) is 3. The van der Waals surface area contributed by atoms with E-state index in [9.17, 15) is 9.59 Å². The van der Waals surface area contributed by atoms with Crippen molar-refractivity contribution in [3.05, 3.63) is 40.2 Å². The molecule has 2 fully saturated rings. The first-order valence-corrected chi connectivity index (χ1v) is 9.72. The van der Waals surface area contributed by atoms with Crippen LogP contribution in [0, 0.1) is 6.92 Å². The number of aryl methyl sites for hydroxylation is 1. The van der Waals surface area contributed by atoms with Crippen LogP contribution in [0.4, 0.5) is 0 Å². The molecule has 0 spiro atoms. The van der Waals surface area contributed by atoms with E-state index in [0.29, 0.717) is 38.6 Å². The summed E-state index contributed by atoms with van der Waals surface area (Å²) < 4.78 is 5.64. The molecule has 2 aromatic heterocycles. The van der Waals surface area contributed by atoms with Crippen LogP contribution in [-0.4, -0.2) is 58.8 Å². The average molecular weight is 374 g/mol. The first kappa shape index (κ1) is 17.2. The number of nitrogens with one attached hydrogen (secondary N) is 1. The quantitative estimate of drug-likeness (QED) is 0.855. The molecule has 0 aromatic carbocycles. The second-order valence-electron chi connectivity index (χ2n) is 6.86. The maximum atomic E-state index is 12.6. The summed E-state index contributed by atoms with van der Waals surface area (Å²) in [5.41, 5.74) is 0. The maximum absolute atomic E-state index is 12.6. The molecule has 0 aliphatic carbocycles. The molecule has 4 rings (SSSR count). The fraction of sp³-hybridized carbons (Fsp3) is 0.500. The molecule has 2 amide bonds. The van der Waals surface area contributed by atoms with Crippen molar-refractivity contribution in [3.8, 4) is 0 Å². The Kier molecular flexibility index (Phi) is 4.78. The highest BCUT2D eigenvalue weighted by Crippen LogP contribution is 2.29. The Morgan fingerprint density at radius 3 is 2.96 bits per heavy atom. The summed E-state index contributed by atoms with van der Waals surface area (Å²) in [4.78, 5) is 33.2. The summed E-state index contributed by atoms with van der Waals surface area (Å²) in [6.07, 6.45) is 2.00. The summed E-state index contributed by atoms with van der Waals surface area (Å²) in [6, 6.07) is 3.40. The van der Waals surface area contributed by atoms with Crippen LogP contribution in [0.15, 0.2) is 28.1 Å². The number of aromatic nitrogens is 1. The Hall–Kier alpha value is -2.19. The predicted molar refractivity (Wildman–Crippen MR) is 96.7 cm³/mol. The van der Waals surface area contributed by atoms with Gasteiger partial charge in [-0.3, -0.25) is 14.5 Å². The number of thiazole rings is 1. The number of piperazine rings is 1. The van der Waals surface area contributed by atoms with E-state index < -0.39 is 6.04 Å². The van der Waals surface area contributed by atoms with Gasteiger partial charge in [0, 0.05) is 43.7 Å². The third-order valence-electron chi connectivity index (χ3n) is 5.00. The zero-order valence-corrected chi connectivity index (χ0v) is 15.5. The van der Waals surface area contributed by atoms with Gasteiger partial charge in [-0.25, -0.2) is 4.98 Å². The second kappa shape index (κ2) is 7.20. The lowest BCUT2D eigenvalue weighted by molar-refractivity contribution is -0.142. The highest BCUT2D eigenvalue weighted by Gasteiger charge is 2.38. The number of amides is 2. The Labute approximate surface area is 156 Å². The maximum Gasteiger partial charge on any atom is 0.237 e. The number of likely N-dealkylation sites (tertiary alicyclic amines) is 1. The number of hydrogen-bond acceptors (Lipinski definition) is 6. The van der Waals surface area contributed by atoms with E-state index in [2.05, 4.69) is 10.3 Å². The molecule has 0 radical (unpaired) electrons. The number of carbonyl (C=O) groups is 2. The van der Waals surface area contributed by atoms with Crippen molar-refractivity contribution < 1.29 is 14.0 Å². The molecule has 2 aromatic rings. The molecule has 2 aliphatic rings. The third kappa shape index (κ3) is 3.52. The minimum atomic E-state index is -0.444. The minimum Gasteiger partial charge on any atom is -0.465 e. The predicted octanol–water partition coefficient (Wildman–Crippen LogP) is 1.36. The Morgan fingerprint density at radius 2 is 2.27 bits per heavy atom. The molecule has 0 unspecified atom stereocenters. The van der Waals surface area contributed by atoms with Crippen LogP contribution in [0.5, 0.6) is 0 Å². The molecule has 7 nitrogen and oxygen atoms in total. The Morgan fingerprint density at radius 1 is 1.42 bits per heavy atom. The molecule has 26 heavy (non-hydrogen) atoms.